The summed E-state index contributed by atoms with van der Waals surface area (Å²) < 4.78 is 49.5. The number of benzene rings is 1. The maximum absolute atomic E-state index is 13.0. The summed E-state index contributed by atoms with van der Waals surface area (Å²) in [6, 6.07) is 6.96. The standard InChI is InChI=1S/C17H20F3NO5/c1-10(26-9-11-4-3-5-12(6-11)25-2)15(22)21-7-13(16(23)24)14(8-21)17(18,19)20/h3-6,10,13-14H,7-9H2,1-2H3,(H,23,24)/t10?,13-,14-/m1/s1. The van der Waals surface area contributed by atoms with Gasteiger partial charge in [0.15, 0.2) is 0 Å². The highest BCUT2D eigenvalue weighted by Crippen LogP contribution is 2.38. The molecule has 1 N–H and O–H groups in total. The summed E-state index contributed by atoms with van der Waals surface area (Å²) in [5, 5.41) is 9.01. The van der Waals surface area contributed by atoms with Crippen molar-refractivity contribution in [3.05, 3.63) is 29.8 Å². The van der Waals surface area contributed by atoms with Gasteiger partial charge in [0.2, 0.25) is 0 Å². The second kappa shape index (κ2) is 7.94. The number of methoxy groups -OCH3 is 1. The minimum absolute atomic E-state index is 0.0724. The van der Waals surface area contributed by atoms with Crippen molar-refractivity contribution in [1.29, 1.82) is 0 Å². The first kappa shape index (κ1) is 20.0. The predicted molar refractivity (Wildman–Crippen MR) is 84.5 cm³/mol. The molecule has 0 saturated carbocycles. The summed E-state index contributed by atoms with van der Waals surface area (Å²) in [5.74, 6) is -5.35. The Bertz CT molecular complexity index is 664. The Morgan fingerprint density at radius 1 is 1.35 bits per heavy atom. The number of ether oxygens (including phenoxy) is 2. The first-order valence-electron chi connectivity index (χ1n) is 7.96. The molecule has 1 saturated heterocycles. The first-order chi connectivity index (χ1) is 12.1. The molecule has 1 aromatic carbocycles. The molecule has 1 aromatic rings. The number of halogens is 3. The quantitative estimate of drug-likeness (QED) is 0.826. The average molecular weight is 375 g/mol. The lowest BCUT2D eigenvalue weighted by molar-refractivity contribution is -0.188. The molecule has 3 atom stereocenters. The monoisotopic (exact) mass is 375 g/mol. The van der Waals surface area contributed by atoms with Gasteiger partial charge in [-0.2, -0.15) is 13.2 Å². The number of aliphatic carboxylic acids is 1. The lowest BCUT2D eigenvalue weighted by Crippen LogP contribution is -2.38. The largest absolute Gasteiger partial charge is 0.497 e. The molecule has 1 aliphatic heterocycles. The smallest absolute Gasteiger partial charge is 0.394 e. The predicted octanol–water partition coefficient (Wildman–Crippen LogP) is 2.32. The minimum atomic E-state index is -4.68. The summed E-state index contributed by atoms with van der Waals surface area (Å²) in [5.41, 5.74) is 0.738. The van der Waals surface area contributed by atoms with Gasteiger partial charge >= 0.3 is 12.1 Å². The van der Waals surface area contributed by atoms with Crippen LogP contribution in [-0.2, 0) is 20.9 Å². The van der Waals surface area contributed by atoms with Gasteiger partial charge in [-0.25, -0.2) is 0 Å². The van der Waals surface area contributed by atoms with E-state index in [4.69, 9.17) is 14.6 Å². The zero-order chi connectivity index (χ0) is 19.5. The van der Waals surface area contributed by atoms with Crippen LogP contribution in [0.5, 0.6) is 5.75 Å². The third-order valence-corrected chi connectivity index (χ3v) is 4.35. The molecule has 0 radical (unpaired) electrons. The molecule has 0 aromatic heterocycles. The lowest BCUT2D eigenvalue weighted by atomic mass is 9.96. The number of carboxylic acid groups (broad SMARTS) is 1. The molecular weight excluding hydrogens is 355 g/mol. The van der Waals surface area contributed by atoms with E-state index in [1.165, 1.54) is 14.0 Å². The molecule has 1 amide bonds. The van der Waals surface area contributed by atoms with Crippen molar-refractivity contribution in [3.8, 4) is 5.75 Å². The van der Waals surface area contributed by atoms with Crippen LogP contribution >= 0.6 is 0 Å². The maximum Gasteiger partial charge on any atom is 0.394 e. The fourth-order valence-corrected chi connectivity index (χ4v) is 2.88. The third-order valence-electron chi connectivity index (χ3n) is 4.35. The Balaban J connectivity index is 1.98. The summed E-state index contributed by atoms with van der Waals surface area (Å²) in [6.45, 7) is 0.347. The molecule has 1 aliphatic rings. The van der Waals surface area contributed by atoms with Crippen LogP contribution in [-0.4, -0.2) is 54.4 Å². The van der Waals surface area contributed by atoms with Gasteiger partial charge in [0.05, 0.1) is 25.6 Å². The summed E-state index contributed by atoms with van der Waals surface area (Å²) in [7, 11) is 1.51. The second-order valence-electron chi connectivity index (χ2n) is 6.14. The van der Waals surface area contributed by atoms with Crippen molar-refractivity contribution in [2.24, 2.45) is 11.8 Å². The molecule has 2 rings (SSSR count). The number of alkyl halides is 3. The van der Waals surface area contributed by atoms with E-state index < -0.39 is 49.1 Å². The number of carbonyl (C=O) groups excluding carboxylic acids is 1. The molecule has 144 valence electrons. The fraction of sp³-hybridized carbons (Fsp3) is 0.529. The van der Waals surface area contributed by atoms with E-state index in [-0.39, 0.29) is 6.61 Å². The van der Waals surface area contributed by atoms with Crippen LogP contribution in [0.25, 0.3) is 0 Å². The highest BCUT2D eigenvalue weighted by molar-refractivity contribution is 5.82. The van der Waals surface area contributed by atoms with E-state index in [9.17, 15) is 22.8 Å². The Hall–Kier alpha value is -2.29. The van der Waals surface area contributed by atoms with Crippen LogP contribution < -0.4 is 4.74 Å². The van der Waals surface area contributed by atoms with Gasteiger partial charge in [-0.3, -0.25) is 9.59 Å². The Labute approximate surface area is 148 Å². The van der Waals surface area contributed by atoms with Crippen molar-refractivity contribution in [3.63, 3.8) is 0 Å². The van der Waals surface area contributed by atoms with Gasteiger partial charge < -0.3 is 19.5 Å². The van der Waals surface area contributed by atoms with Crippen LogP contribution in [0.15, 0.2) is 24.3 Å². The molecule has 0 bridgehead atoms. The topological polar surface area (TPSA) is 76.1 Å². The van der Waals surface area contributed by atoms with Crippen molar-refractivity contribution in [2.45, 2.75) is 25.8 Å². The van der Waals surface area contributed by atoms with Crippen LogP contribution in [0.3, 0.4) is 0 Å². The summed E-state index contributed by atoms with van der Waals surface area (Å²) in [4.78, 5) is 24.3. The van der Waals surface area contributed by atoms with Crippen LogP contribution in [0.2, 0.25) is 0 Å². The molecule has 6 nitrogen and oxygen atoms in total. The molecule has 0 spiro atoms. The highest BCUT2D eigenvalue weighted by atomic mass is 19.4. The third kappa shape index (κ3) is 4.66. The highest BCUT2D eigenvalue weighted by Gasteiger charge is 2.53. The zero-order valence-corrected chi connectivity index (χ0v) is 14.3. The van der Waals surface area contributed by atoms with Gasteiger partial charge in [0.25, 0.3) is 5.91 Å². The van der Waals surface area contributed by atoms with E-state index in [0.717, 1.165) is 10.5 Å². The first-order valence-corrected chi connectivity index (χ1v) is 7.96. The normalized spacial score (nSPS) is 21.5. The fourth-order valence-electron chi connectivity index (χ4n) is 2.88. The molecular formula is C17H20F3NO5. The molecule has 1 heterocycles. The number of amides is 1. The number of nitrogens with zero attached hydrogens (tertiary/aromatic N) is 1. The molecule has 1 unspecified atom stereocenters. The number of carbonyl (C=O) groups is 2. The number of hydrogen-bond acceptors (Lipinski definition) is 4. The van der Waals surface area contributed by atoms with Crippen LogP contribution in [0.1, 0.15) is 12.5 Å². The van der Waals surface area contributed by atoms with Gasteiger partial charge in [-0.1, -0.05) is 12.1 Å². The molecule has 1 fully saturated rings. The maximum atomic E-state index is 13.0. The number of rotatable bonds is 6. The summed E-state index contributed by atoms with van der Waals surface area (Å²) in [6.07, 6.45) is -5.68. The van der Waals surface area contributed by atoms with Gasteiger partial charge in [0.1, 0.15) is 11.9 Å². The molecule has 26 heavy (non-hydrogen) atoms. The minimum Gasteiger partial charge on any atom is -0.497 e. The van der Waals surface area contributed by atoms with Gasteiger partial charge in [-0.15, -0.1) is 0 Å². The van der Waals surface area contributed by atoms with E-state index in [0.29, 0.717) is 5.75 Å². The van der Waals surface area contributed by atoms with Gasteiger partial charge in [-0.05, 0) is 24.6 Å². The van der Waals surface area contributed by atoms with Crippen molar-refractivity contribution < 1.29 is 37.3 Å². The van der Waals surface area contributed by atoms with E-state index in [1.54, 1.807) is 24.3 Å². The number of likely N-dealkylation sites (tertiary alicyclic amines) is 1. The Kier molecular flexibility index (Phi) is 6.12. The number of hydrogen-bond donors (Lipinski definition) is 1. The Morgan fingerprint density at radius 2 is 2.04 bits per heavy atom. The second-order valence-corrected chi connectivity index (χ2v) is 6.14. The van der Waals surface area contributed by atoms with E-state index >= 15 is 0 Å². The van der Waals surface area contributed by atoms with Gasteiger partial charge in [0, 0.05) is 13.1 Å². The molecule has 9 heteroatoms. The van der Waals surface area contributed by atoms with Crippen molar-refractivity contribution in [2.75, 3.05) is 20.2 Å². The summed E-state index contributed by atoms with van der Waals surface area (Å²) >= 11 is 0. The Morgan fingerprint density at radius 3 is 2.58 bits per heavy atom. The average Bonchev–Trinajstić information content (AvgIpc) is 3.05. The molecule has 0 aliphatic carbocycles. The van der Waals surface area contributed by atoms with E-state index in [1.807, 2.05) is 0 Å². The van der Waals surface area contributed by atoms with Crippen molar-refractivity contribution >= 4 is 11.9 Å². The SMILES string of the molecule is COc1cccc(COC(C)C(=O)N2C[C@@H](C(F)(F)F)[C@H](C(=O)O)C2)c1. The lowest BCUT2D eigenvalue weighted by Gasteiger charge is -2.21. The van der Waals surface area contributed by atoms with Crippen LogP contribution in [0.4, 0.5) is 13.2 Å². The van der Waals surface area contributed by atoms with Crippen LogP contribution in [0, 0.1) is 11.8 Å². The van der Waals surface area contributed by atoms with E-state index in [2.05, 4.69) is 0 Å². The number of carboxylic acids is 1. The zero-order valence-electron chi connectivity index (χ0n) is 14.3. The van der Waals surface area contributed by atoms with Crippen molar-refractivity contribution in [1.82, 2.24) is 4.90 Å².